The van der Waals surface area contributed by atoms with Gasteiger partial charge in [0.2, 0.25) is 0 Å². The number of anilines is 1. The number of nitrogens with zero attached hydrogens (tertiary/aromatic N) is 2. The molecule has 2 aromatic carbocycles. The van der Waals surface area contributed by atoms with Gasteiger partial charge in [-0.25, -0.2) is 4.98 Å². The summed E-state index contributed by atoms with van der Waals surface area (Å²) in [6, 6.07) is 14.1. The van der Waals surface area contributed by atoms with Crippen LogP contribution in [0.25, 0.3) is 11.3 Å². The van der Waals surface area contributed by atoms with E-state index in [0.717, 1.165) is 49.7 Å². The van der Waals surface area contributed by atoms with Gasteiger partial charge in [0.1, 0.15) is 0 Å². The van der Waals surface area contributed by atoms with E-state index >= 15 is 0 Å². The Bertz CT molecular complexity index is 1010. The molecule has 0 bridgehead atoms. The van der Waals surface area contributed by atoms with Gasteiger partial charge in [-0.2, -0.15) is 0 Å². The van der Waals surface area contributed by atoms with Crippen LogP contribution in [0, 0.1) is 13.8 Å². The number of aryl methyl sites for hydroxylation is 2. The molecule has 5 nitrogen and oxygen atoms in total. The second-order valence-corrected chi connectivity index (χ2v) is 8.24. The molecule has 1 aliphatic rings. The molecule has 1 aliphatic heterocycles. The molecule has 0 radical (unpaired) electrons. The van der Waals surface area contributed by atoms with Crippen molar-refractivity contribution in [2.45, 2.75) is 20.4 Å². The highest BCUT2D eigenvalue weighted by molar-refractivity contribution is 7.14. The van der Waals surface area contributed by atoms with Gasteiger partial charge in [-0.3, -0.25) is 15.0 Å². The second kappa shape index (κ2) is 8.86. The van der Waals surface area contributed by atoms with E-state index in [1.165, 1.54) is 22.5 Å². The highest BCUT2D eigenvalue weighted by atomic mass is 32.1. The maximum atomic E-state index is 12.7. The van der Waals surface area contributed by atoms with Crippen molar-refractivity contribution in [1.82, 2.24) is 9.88 Å². The number of carbonyl (C=O) groups excluding carboxylic acids is 1. The van der Waals surface area contributed by atoms with E-state index in [1.807, 2.05) is 23.6 Å². The first-order chi connectivity index (χ1) is 14.1. The molecule has 3 aromatic rings. The van der Waals surface area contributed by atoms with Crippen LogP contribution in [0.1, 0.15) is 27.0 Å². The monoisotopic (exact) mass is 407 g/mol. The molecule has 0 atom stereocenters. The zero-order chi connectivity index (χ0) is 20.2. The first kappa shape index (κ1) is 19.8. The molecule has 1 amide bonds. The lowest BCUT2D eigenvalue weighted by atomic mass is 10.1. The van der Waals surface area contributed by atoms with Crippen molar-refractivity contribution in [3.63, 3.8) is 0 Å². The highest BCUT2D eigenvalue weighted by Crippen LogP contribution is 2.26. The molecular weight excluding hydrogens is 382 g/mol. The standard InChI is InChI=1S/C23H25N3O2S/c1-16-6-7-19(12-17(16)2)21-15-29-23(24-21)25-22(27)20-5-3-4-18(13-20)14-26-8-10-28-11-9-26/h3-7,12-13,15H,8-11,14H2,1-2H3,(H,24,25,27). The van der Waals surface area contributed by atoms with Crippen LogP contribution >= 0.6 is 11.3 Å². The van der Waals surface area contributed by atoms with Crippen molar-refractivity contribution in [2.24, 2.45) is 0 Å². The smallest absolute Gasteiger partial charge is 0.257 e. The highest BCUT2D eigenvalue weighted by Gasteiger charge is 2.14. The number of amides is 1. The minimum atomic E-state index is -0.130. The number of thiazole rings is 1. The van der Waals surface area contributed by atoms with Gasteiger partial charge < -0.3 is 4.74 Å². The maximum Gasteiger partial charge on any atom is 0.257 e. The number of morpholine rings is 1. The Morgan fingerprint density at radius 1 is 1.14 bits per heavy atom. The van der Waals surface area contributed by atoms with Crippen LogP contribution in [0.2, 0.25) is 0 Å². The van der Waals surface area contributed by atoms with Gasteiger partial charge in [0.25, 0.3) is 5.91 Å². The van der Waals surface area contributed by atoms with Crippen LogP contribution in [-0.4, -0.2) is 42.1 Å². The quantitative estimate of drug-likeness (QED) is 0.676. The Morgan fingerprint density at radius 3 is 2.76 bits per heavy atom. The van der Waals surface area contributed by atoms with Crippen LogP contribution in [0.15, 0.2) is 47.8 Å². The van der Waals surface area contributed by atoms with Crippen LogP contribution in [-0.2, 0) is 11.3 Å². The van der Waals surface area contributed by atoms with E-state index in [2.05, 4.69) is 53.3 Å². The number of hydrogen-bond donors (Lipinski definition) is 1. The summed E-state index contributed by atoms with van der Waals surface area (Å²) in [5.41, 5.74) is 6.23. The van der Waals surface area contributed by atoms with Crippen molar-refractivity contribution in [2.75, 3.05) is 31.6 Å². The predicted molar refractivity (Wildman–Crippen MR) is 118 cm³/mol. The van der Waals surface area contributed by atoms with Gasteiger partial charge in [-0.05, 0) is 48.7 Å². The van der Waals surface area contributed by atoms with Gasteiger partial charge in [0, 0.05) is 36.1 Å². The Morgan fingerprint density at radius 2 is 1.97 bits per heavy atom. The minimum Gasteiger partial charge on any atom is -0.379 e. The summed E-state index contributed by atoms with van der Waals surface area (Å²) in [5.74, 6) is -0.130. The molecule has 4 rings (SSSR count). The molecule has 0 unspecified atom stereocenters. The lowest BCUT2D eigenvalue weighted by Gasteiger charge is -2.26. The van der Waals surface area contributed by atoms with Gasteiger partial charge in [-0.15, -0.1) is 11.3 Å². The SMILES string of the molecule is Cc1ccc(-c2csc(NC(=O)c3cccc(CN4CCOCC4)c3)n2)cc1C. The average molecular weight is 408 g/mol. The molecule has 150 valence electrons. The number of benzene rings is 2. The van der Waals surface area contributed by atoms with Crippen molar-refractivity contribution in [3.8, 4) is 11.3 Å². The Balaban J connectivity index is 1.43. The molecule has 1 fully saturated rings. The van der Waals surface area contributed by atoms with Crippen LogP contribution in [0.3, 0.4) is 0 Å². The van der Waals surface area contributed by atoms with Crippen molar-refractivity contribution in [3.05, 3.63) is 70.1 Å². The molecule has 0 aliphatic carbocycles. The molecule has 0 spiro atoms. The third kappa shape index (κ3) is 4.90. The largest absolute Gasteiger partial charge is 0.379 e. The number of carbonyl (C=O) groups is 1. The van der Waals surface area contributed by atoms with Crippen LogP contribution < -0.4 is 5.32 Å². The predicted octanol–water partition coefficient (Wildman–Crippen LogP) is 4.51. The van der Waals surface area contributed by atoms with Gasteiger partial charge >= 0.3 is 0 Å². The average Bonchev–Trinajstić information content (AvgIpc) is 3.19. The molecule has 1 saturated heterocycles. The topological polar surface area (TPSA) is 54.5 Å². The summed E-state index contributed by atoms with van der Waals surface area (Å²) in [7, 11) is 0. The number of aromatic nitrogens is 1. The zero-order valence-electron chi connectivity index (χ0n) is 16.8. The second-order valence-electron chi connectivity index (χ2n) is 7.38. The van der Waals surface area contributed by atoms with Crippen molar-refractivity contribution < 1.29 is 9.53 Å². The minimum absolute atomic E-state index is 0.130. The molecule has 1 aromatic heterocycles. The Hall–Kier alpha value is -2.54. The third-order valence-corrected chi connectivity index (χ3v) is 5.98. The Kier molecular flexibility index (Phi) is 6.04. The fourth-order valence-electron chi connectivity index (χ4n) is 3.36. The number of rotatable bonds is 5. The molecule has 6 heteroatoms. The van der Waals surface area contributed by atoms with E-state index < -0.39 is 0 Å². The molecule has 2 heterocycles. The molecule has 1 N–H and O–H groups in total. The fraction of sp³-hybridized carbons (Fsp3) is 0.304. The lowest BCUT2D eigenvalue weighted by Crippen LogP contribution is -2.35. The first-order valence-corrected chi connectivity index (χ1v) is 10.7. The van der Waals surface area contributed by atoms with Gasteiger partial charge in [0.15, 0.2) is 5.13 Å². The van der Waals surface area contributed by atoms with Crippen LogP contribution in [0.4, 0.5) is 5.13 Å². The van der Waals surface area contributed by atoms with Gasteiger partial charge in [-0.1, -0.05) is 24.3 Å². The van der Waals surface area contributed by atoms with Crippen molar-refractivity contribution >= 4 is 22.4 Å². The van der Waals surface area contributed by atoms with Crippen molar-refractivity contribution in [1.29, 1.82) is 0 Å². The summed E-state index contributed by atoms with van der Waals surface area (Å²) in [6.07, 6.45) is 0. The Labute approximate surface area is 175 Å². The summed E-state index contributed by atoms with van der Waals surface area (Å²) in [4.78, 5) is 19.7. The van der Waals surface area contributed by atoms with Crippen LogP contribution in [0.5, 0.6) is 0 Å². The number of hydrogen-bond acceptors (Lipinski definition) is 5. The third-order valence-electron chi connectivity index (χ3n) is 5.23. The zero-order valence-corrected chi connectivity index (χ0v) is 17.6. The summed E-state index contributed by atoms with van der Waals surface area (Å²) in [5, 5.41) is 5.53. The summed E-state index contributed by atoms with van der Waals surface area (Å²) in [6.45, 7) is 8.42. The van der Waals surface area contributed by atoms with E-state index in [9.17, 15) is 4.79 Å². The molecular formula is C23H25N3O2S. The summed E-state index contributed by atoms with van der Waals surface area (Å²) < 4.78 is 5.40. The van der Waals surface area contributed by atoms with Gasteiger partial charge in [0.05, 0.1) is 18.9 Å². The fourth-order valence-corrected chi connectivity index (χ4v) is 4.08. The number of nitrogens with one attached hydrogen (secondary N) is 1. The molecule has 29 heavy (non-hydrogen) atoms. The summed E-state index contributed by atoms with van der Waals surface area (Å²) >= 11 is 1.44. The lowest BCUT2D eigenvalue weighted by molar-refractivity contribution is 0.0342. The van der Waals surface area contributed by atoms with E-state index in [0.29, 0.717) is 10.7 Å². The number of ether oxygens (including phenoxy) is 1. The first-order valence-electron chi connectivity index (χ1n) is 9.82. The molecule has 0 saturated carbocycles. The van der Waals surface area contributed by atoms with E-state index in [4.69, 9.17) is 4.74 Å². The van der Waals surface area contributed by atoms with E-state index in [1.54, 1.807) is 0 Å². The maximum absolute atomic E-state index is 12.7. The normalized spacial score (nSPS) is 14.7. The van der Waals surface area contributed by atoms with E-state index in [-0.39, 0.29) is 5.91 Å².